The lowest BCUT2D eigenvalue weighted by atomic mass is 9.93. The van der Waals surface area contributed by atoms with Gasteiger partial charge in [-0.3, -0.25) is 4.57 Å². The summed E-state index contributed by atoms with van der Waals surface area (Å²) in [6.07, 6.45) is 97.7. The van der Waals surface area contributed by atoms with Crippen LogP contribution in [0.3, 0.4) is 0 Å². The Morgan fingerprint density at radius 3 is 0.388 bits per heavy atom. The van der Waals surface area contributed by atoms with Crippen molar-refractivity contribution in [2.75, 3.05) is 45.8 Å². The molecule has 0 amide bonds. The van der Waals surface area contributed by atoms with Crippen molar-refractivity contribution in [3.8, 4) is 34.5 Å². The predicted molar refractivity (Wildman–Crippen MR) is 508 cm³/mol. The number of hydrogen-bond acceptors (Lipinski definition) is 7. The van der Waals surface area contributed by atoms with Gasteiger partial charge in [0.1, 0.15) is 0 Å². The standard InChI is InChI=1S/C106H189O9P/c1-6-11-16-21-26-31-36-47-54-61-68-75-82-110-101-89-95-96-90-102(111-83-76-69-62-55-48-37-32-27-22-17-12-7-2)104(113-85-78-71-64-57-50-39-34-29-24-19-14-9-4)92-98(96)100-94-106(115-87-80-73-66-59-52-45-43-41-42-44-46-53-60-67-74-81-88-116(107,108)109)105(114-86-79-72-65-58-51-40-35-30-25-20-15-10-5)93-99(100)97(95)91-103(101)112-84-77-70-63-56-49-38-33-28-23-18-13-8-3/h89-94H,6-88H2,1-5H3,(H2,107,108,109). The van der Waals surface area contributed by atoms with Crippen LogP contribution in [0.2, 0.25) is 0 Å². The Kier molecular flexibility index (Phi) is 69.2. The highest BCUT2D eigenvalue weighted by molar-refractivity contribution is 7.51. The number of unbranched alkanes of at least 4 members (excludes halogenated alkanes) is 70. The summed E-state index contributed by atoms with van der Waals surface area (Å²) in [5.74, 6) is 5.08. The molecule has 0 bridgehead atoms. The number of ether oxygens (including phenoxy) is 6. The van der Waals surface area contributed by atoms with Crippen LogP contribution in [-0.4, -0.2) is 55.6 Å². The number of fused-ring (bicyclic) bond motifs is 6. The lowest BCUT2D eigenvalue weighted by Gasteiger charge is -2.21. The van der Waals surface area contributed by atoms with E-state index in [1.54, 1.807) is 0 Å². The van der Waals surface area contributed by atoms with E-state index in [0.29, 0.717) is 46.1 Å². The maximum Gasteiger partial charge on any atom is 0.325 e. The molecule has 0 fully saturated rings. The van der Waals surface area contributed by atoms with Gasteiger partial charge in [0.15, 0.2) is 34.5 Å². The Morgan fingerprint density at radius 1 is 0.172 bits per heavy atom. The van der Waals surface area contributed by atoms with Crippen molar-refractivity contribution in [3.63, 3.8) is 0 Å². The fourth-order valence-corrected chi connectivity index (χ4v) is 18.0. The number of rotatable bonds is 90. The summed E-state index contributed by atoms with van der Waals surface area (Å²) in [4.78, 5) is 18.3. The van der Waals surface area contributed by atoms with Crippen LogP contribution in [0, 0.1) is 0 Å². The van der Waals surface area contributed by atoms with Gasteiger partial charge in [0.25, 0.3) is 0 Å². The maximum absolute atomic E-state index is 11.2. The van der Waals surface area contributed by atoms with Crippen molar-refractivity contribution in [1.29, 1.82) is 0 Å². The Balaban J connectivity index is 1.70. The van der Waals surface area contributed by atoms with E-state index in [4.69, 9.17) is 38.2 Å². The van der Waals surface area contributed by atoms with Crippen LogP contribution in [0.25, 0.3) is 32.3 Å². The van der Waals surface area contributed by atoms with Gasteiger partial charge in [0.2, 0.25) is 0 Å². The van der Waals surface area contributed by atoms with E-state index in [1.165, 1.54) is 424 Å². The molecule has 4 rings (SSSR count). The zero-order valence-electron chi connectivity index (χ0n) is 77.4. The van der Waals surface area contributed by atoms with Crippen LogP contribution < -0.4 is 28.4 Å². The summed E-state index contributed by atoms with van der Waals surface area (Å²) in [5, 5.41) is 6.89. The van der Waals surface area contributed by atoms with Gasteiger partial charge in [-0.1, -0.05) is 478 Å². The molecule has 0 atom stereocenters. The molecule has 0 heterocycles. The van der Waals surface area contributed by atoms with Crippen molar-refractivity contribution in [2.45, 2.75) is 523 Å². The van der Waals surface area contributed by atoms with Crippen molar-refractivity contribution in [3.05, 3.63) is 36.4 Å². The fourth-order valence-electron chi connectivity index (χ4n) is 17.4. The fraction of sp³-hybridized carbons (Fsp3) is 0.830. The monoisotopic (exact) mass is 1640 g/mol. The molecule has 0 unspecified atom stereocenters. The zero-order valence-corrected chi connectivity index (χ0v) is 78.2. The van der Waals surface area contributed by atoms with Crippen molar-refractivity contribution in [2.24, 2.45) is 0 Å². The maximum atomic E-state index is 11.2. The van der Waals surface area contributed by atoms with E-state index >= 15 is 0 Å². The largest absolute Gasteiger partial charge is 0.490 e. The lowest BCUT2D eigenvalue weighted by molar-refractivity contribution is 0.258. The molecule has 9 nitrogen and oxygen atoms in total. The molecule has 0 aromatic heterocycles. The summed E-state index contributed by atoms with van der Waals surface area (Å²) in [7, 11) is -3.85. The first-order valence-electron chi connectivity index (χ1n) is 51.6. The summed E-state index contributed by atoms with van der Waals surface area (Å²) in [5.41, 5.74) is 0. The summed E-state index contributed by atoms with van der Waals surface area (Å²) in [6, 6.07) is 14.0. The topological polar surface area (TPSA) is 113 Å². The van der Waals surface area contributed by atoms with Gasteiger partial charge in [-0.25, -0.2) is 0 Å². The number of hydrogen-bond donors (Lipinski definition) is 2. The molecule has 0 radical (unpaired) electrons. The van der Waals surface area contributed by atoms with E-state index < -0.39 is 7.60 Å². The van der Waals surface area contributed by atoms with E-state index in [0.717, 1.165) is 125 Å². The van der Waals surface area contributed by atoms with Gasteiger partial charge in [0, 0.05) is 6.16 Å². The average Bonchev–Trinajstić information content (AvgIpc) is 0.726. The minimum atomic E-state index is -3.85. The third-order valence-electron chi connectivity index (χ3n) is 25.0. The second kappa shape index (κ2) is 76.5. The van der Waals surface area contributed by atoms with Crippen LogP contribution in [-0.2, 0) is 4.57 Å². The Morgan fingerprint density at radius 2 is 0.276 bits per heavy atom. The molecule has 0 aliphatic heterocycles. The molecular formula is C106H189O9P. The minimum Gasteiger partial charge on any atom is -0.490 e. The van der Waals surface area contributed by atoms with Gasteiger partial charge in [-0.15, -0.1) is 0 Å². The first-order valence-corrected chi connectivity index (χ1v) is 53.4. The molecule has 10 heteroatoms. The first kappa shape index (κ1) is 105. The highest BCUT2D eigenvalue weighted by Crippen LogP contribution is 2.48. The first-order chi connectivity index (χ1) is 57.2. The van der Waals surface area contributed by atoms with Gasteiger partial charge in [0.05, 0.1) is 39.6 Å². The van der Waals surface area contributed by atoms with Crippen molar-refractivity contribution in [1.82, 2.24) is 0 Å². The molecule has 2 N–H and O–H groups in total. The van der Waals surface area contributed by atoms with Gasteiger partial charge in [-0.05, 0) is 114 Å². The molecule has 116 heavy (non-hydrogen) atoms. The minimum absolute atomic E-state index is 0.0313. The van der Waals surface area contributed by atoms with Gasteiger partial charge < -0.3 is 38.2 Å². The molecule has 0 aliphatic rings. The molecule has 0 saturated carbocycles. The van der Waals surface area contributed by atoms with E-state index in [2.05, 4.69) is 71.0 Å². The molecule has 672 valence electrons. The van der Waals surface area contributed by atoms with Crippen LogP contribution in [0.1, 0.15) is 523 Å². The smallest absolute Gasteiger partial charge is 0.325 e. The average molecular weight is 1640 g/mol. The third kappa shape index (κ3) is 55.6. The zero-order chi connectivity index (χ0) is 82.6. The Hall–Kier alpha value is -3.39. The van der Waals surface area contributed by atoms with Crippen LogP contribution >= 0.6 is 7.60 Å². The summed E-state index contributed by atoms with van der Waals surface area (Å²) in [6.45, 7) is 15.6. The molecule has 4 aromatic rings. The molecule has 0 saturated heterocycles. The van der Waals surface area contributed by atoms with Crippen LogP contribution in [0.4, 0.5) is 0 Å². The van der Waals surface area contributed by atoms with Crippen molar-refractivity contribution < 1.29 is 42.8 Å². The van der Waals surface area contributed by atoms with Gasteiger partial charge >= 0.3 is 7.60 Å². The second-order valence-electron chi connectivity index (χ2n) is 36.1. The predicted octanol–water partition coefficient (Wildman–Crippen LogP) is 36.3. The van der Waals surface area contributed by atoms with Gasteiger partial charge in [-0.2, -0.15) is 0 Å². The summed E-state index contributed by atoms with van der Waals surface area (Å²) < 4.78 is 53.6. The number of benzene rings is 4. The van der Waals surface area contributed by atoms with Crippen LogP contribution in [0.15, 0.2) is 36.4 Å². The quantitative estimate of drug-likeness (QED) is 0.0253. The third-order valence-corrected chi connectivity index (χ3v) is 25.9. The highest BCUT2D eigenvalue weighted by Gasteiger charge is 2.22. The molecule has 0 spiro atoms. The van der Waals surface area contributed by atoms with Crippen molar-refractivity contribution >= 4 is 39.9 Å². The molecular weight excluding hydrogens is 1450 g/mol. The van der Waals surface area contributed by atoms with E-state index in [1.807, 2.05) is 0 Å². The van der Waals surface area contributed by atoms with E-state index in [9.17, 15) is 4.57 Å². The Bertz CT molecular complexity index is 2560. The second-order valence-corrected chi connectivity index (χ2v) is 37.9. The Labute approximate surface area is 717 Å². The molecule has 4 aromatic carbocycles. The van der Waals surface area contributed by atoms with Crippen LogP contribution in [0.5, 0.6) is 34.5 Å². The lowest BCUT2D eigenvalue weighted by Crippen LogP contribution is -2.05. The molecule has 0 aliphatic carbocycles. The van der Waals surface area contributed by atoms with E-state index in [-0.39, 0.29) is 6.16 Å². The summed E-state index contributed by atoms with van der Waals surface area (Å²) >= 11 is 0. The normalized spacial score (nSPS) is 11.9. The highest BCUT2D eigenvalue weighted by atomic mass is 31.2. The SMILES string of the molecule is CCCCCCCCCCCCCCOc1cc2c3cc(OCCCCCCCCCCCCCC)c(OCCCCCCCCCCCCCC)cc3c3cc(OCCCCCCCCCCCCCCCCCCP(=O)(O)O)c(OCCCCCCCCCCCCCC)cc3c2cc1OCCCCCCCCCCCCCC.